The van der Waals surface area contributed by atoms with Crippen molar-refractivity contribution < 1.29 is 4.74 Å². The Morgan fingerprint density at radius 1 is 1.03 bits per heavy atom. The van der Waals surface area contributed by atoms with E-state index in [1.165, 1.54) is 0 Å². The first kappa shape index (κ1) is 17.8. The van der Waals surface area contributed by atoms with E-state index in [0.29, 0.717) is 11.6 Å². The van der Waals surface area contributed by atoms with Crippen molar-refractivity contribution in [3.8, 4) is 16.9 Å². The molecule has 5 aromatic rings. The van der Waals surface area contributed by atoms with Crippen molar-refractivity contribution in [2.24, 2.45) is 7.05 Å². The molecule has 0 aliphatic carbocycles. The van der Waals surface area contributed by atoms with Gasteiger partial charge in [-0.15, -0.1) is 0 Å². The number of hydrogen-bond acceptors (Lipinski definition) is 3. The van der Waals surface area contributed by atoms with E-state index in [9.17, 15) is 0 Å². The monoisotopic (exact) mass is 402 g/mol. The lowest BCUT2D eigenvalue weighted by Gasteiger charge is -2.10. The molecule has 0 atom stereocenters. The van der Waals surface area contributed by atoms with E-state index in [1.807, 2.05) is 67.3 Å². The Kier molecular flexibility index (Phi) is 4.25. The van der Waals surface area contributed by atoms with Gasteiger partial charge in [-0.1, -0.05) is 23.7 Å². The van der Waals surface area contributed by atoms with E-state index in [0.717, 1.165) is 50.2 Å². The van der Waals surface area contributed by atoms with Crippen LogP contribution in [0.1, 0.15) is 11.5 Å². The highest BCUT2D eigenvalue weighted by Gasteiger charge is 2.13. The van der Waals surface area contributed by atoms with Gasteiger partial charge < -0.3 is 14.3 Å². The number of hydrogen-bond donors (Lipinski definition) is 1. The zero-order valence-corrected chi connectivity index (χ0v) is 16.9. The summed E-state index contributed by atoms with van der Waals surface area (Å²) in [7, 11) is 1.96. The van der Waals surface area contributed by atoms with Gasteiger partial charge >= 0.3 is 0 Å². The molecule has 3 heterocycles. The zero-order valence-electron chi connectivity index (χ0n) is 16.1. The first-order valence-corrected chi connectivity index (χ1v) is 9.74. The van der Waals surface area contributed by atoms with Crippen LogP contribution >= 0.6 is 11.6 Å². The summed E-state index contributed by atoms with van der Waals surface area (Å²) < 4.78 is 7.93. The fourth-order valence-electron chi connectivity index (χ4n) is 3.69. The lowest BCUT2D eigenvalue weighted by molar-refractivity contribution is 0.292. The molecule has 29 heavy (non-hydrogen) atoms. The molecule has 0 fully saturated rings. The van der Waals surface area contributed by atoms with Crippen molar-refractivity contribution >= 4 is 33.4 Å². The molecular formula is C23H19ClN4O. The average Bonchev–Trinajstić information content (AvgIpc) is 3.30. The molecule has 0 radical (unpaired) electrons. The van der Waals surface area contributed by atoms with E-state index in [4.69, 9.17) is 16.3 Å². The van der Waals surface area contributed by atoms with Crippen LogP contribution in [0.4, 0.5) is 0 Å². The van der Waals surface area contributed by atoms with E-state index in [2.05, 4.69) is 21.0 Å². The molecule has 1 N–H and O–H groups in total. The molecule has 0 amide bonds. The van der Waals surface area contributed by atoms with E-state index in [-0.39, 0.29) is 0 Å². The third kappa shape index (κ3) is 3.13. The molecule has 0 saturated carbocycles. The highest BCUT2D eigenvalue weighted by molar-refractivity contribution is 6.32. The number of benzene rings is 2. The minimum atomic E-state index is 0.412. The van der Waals surface area contributed by atoms with Crippen LogP contribution in [0.2, 0.25) is 5.02 Å². The topological polar surface area (TPSA) is 55.7 Å². The van der Waals surface area contributed by atoms with Crippen LogP contribution in [0.15, 0.2) is 61.1 Å². The van der Waals surface area contributed by atoms with Crippen molar-refractivity contribution in [3.05, 3.63) is 77.6 Å². The predicted octanol–water partition coefficient (Wildman–Crippen LogP) is 5.66. The number of aromatic nitrogens is 4. The van der Waals surface area contributed by atoms with Crippen LogP contribution in [0, 0.1) is 6.92 Å². The fourth-order valence-corrected chi connectivity index (χ4v) is 3.91. The fraction of sp³-hybridized carbons (Fsp3) is 0.130. The number of fused-ring (bicyclic) bond motifs is 3. The predicted molar refractivity (Wildman–Crippen MR) is 116 cm³/mol. The van der Waals surface area contributed by atoms with Gasteiger partial charge in [0.05, 0.1) is 16.7 Å². The molecule has 0 saturated heterocycles. The maximum Gasteiger partial charge on any atom is 0.146 e. The Labute approximate surface area is 172 Å². The largest absolute Gasteiger partial charge is 0.486 e. The van der Waals surface area contributed by atoms with Crippen molar-refractivity contribution in [2.45, 2.75) is 13.5 Å². The molecule has 6 heteroatoms. The minimum absolute atomic E-state index is 0.412. The van der Waals surface area contributed by atoms with Gasteiger partial charge in [0.1, 0.15) is 18.2 Å². The molecule has 0 aliphatic heterocycles. The Balaban J connectivity index is 1.59. The van der Waals surface area contributed by atoms with Crippen LogP contribution in [0.3, 0.4) is 0 Å². The number of aryl methyl sites for hydroxylation is 2. The molecule has 5 rings (SSSR count). The Morgan fingerprint density at radius 2 is 1.93 bits per heavy atom. The van der Waals surface area contributed by atoms with Gasteiger partial charge in [-0.25, -0.2) is 4.98 Å². The Bertz CT molecular complexity index is 1350. The Hall–Kier alpha value is -3.31. The first-order chi connectivity index (χ1) is 14.1. The van der Waals surface area contributed by atoms with Gasteiger partial charge in [0.15, 0.2) is 0 Å². The number of aromatic amines is 1. The van der Waals surface area contributed by atoms with Gasteiger partial charge in [-0.05, 0) is 42.8 Å². The average molecular weight is 403 g/mol. The SMILES string of the molecule is Cc1nccc2c1[nH]c1c(-c3cccc(OCc4nccn4C)c3)cc(Cl)cc12. The van der Waals surface area contributed by atoms with E-state index < -0.39 is 0 Å². The molecule has 0 spiro atoms. The highest BCUT2D eigenvalue weighted by Crippen LogP contribution is 2.37. The summed E-state index contributed by atoms with van der Waals surface area (Å²) >= 11 is 6.48. The smallest absolute Gasteiger partial charge is 0.146 e. The number of ether oxygens (including phenoxy) is 1. The molecule has 144 valence electrons. The molecule has 5 nitrogen and oxygen atoms in total. The lowest BCUT2D eigenvalue weighted by Crippen LogP contribution is -2.02. The number of pyridine rings is 1. The summed E-state index contributed by atoms with van der Waals surface area (Å²) in [5, 5.41) is 2.91. The summed E-state index contributed by atoms with van der Waals surface area (Å²) in [6.07, 6.45) is 5.51. The molecule has 3 aromatic heterocycles. The highest BCUT2D eigenvalue weighted by atomic mass is 35.5. The van der Waals surface area contributed by atoms with Gasteiger partial charge in [0.25, 0.3) is 0 Å². The van der Waals surface area contributed by atoms with Crippen LogP contribution in [-0.4, -0.2) is 19.5 Å². The quantitative estimate of drug-likeness (QED) is 0.422. The lowest BCUT2D eigenvalue weighted by atomic mass is 10.0. The van der Waals surface area contributed by atoms with Gasteiger partial charge in [-0.2, -0.15) is 0 Å². The summed E-state index contributed by atoms with van der Waals surface area (Å²) in [5.74, 6) is 1.66. The summed E-state index contributed by atoms with van der Waals surface area (Å²) in [4.78, 5) is 12.3. The van der Waals surface area contributed by atoms with Crippen LogP contribution < -0.4 is 4.74 Å². The van der Waals surface area contributed by atoms with E-state index >= 15 is 0 Å². The van der Waals surface area contributed by atoms with Crippen molar-refractivity contribution in [3.63, 3.8) is 0 Å². The van der Waals surface area contributed by atoms with E-state index in [1.54, 1.807) is 6.20 Å². The number of imidazole rings is 1. The minimum Gasteiger partial charge on any atom is -0.486 e. The zero-order chi connectivity index (χ0) is 20.0. The van der Waals surface area contributed by atoms with Gasteiger partial charge in [0, 0.05) is 47.0 Å². The van der Waals surface area contributed by atoms with Crippen molar-refractivity contribution in [1.82, 2.24) is 19.5 Å². The standard InChI is InChI=1S/C23H19ClN4O/c1-14-22-18(6-7-25-14)20-12-16(24)11-19(23(20)27-22)15-4-3-5-17(10-15)29-13-21-26-8-9-28(21)2/h3-12,27H,13H2,1-2H3. The third-order valence-electron chi connectivity index (χ3n) is 5.22. The molecule has 0 unspecified atom stereocenters. The number of nitrogens with zero attached hydrogens (tertiary/aromatic N) is 3. The Morgan fingerprint density at radius 3 is 2.76 bits per heavy atom. The second-order valence-electron chi connectivity index (χ2n) is 7.09. The molecule has 0 bridgehead atoms. The summed E-state index contributed by atoms with van der Waals surface area (Å²) in [6.45, 7) is 2.42. The van der Waals surface area contributed by atoms with Crippen LogP contribution in [0.5, 0.6) is 5.75 Å². The van der Waals surface area contributed by atoms with Crippen LogP contribution in [0.25, 0.3) is 32.9 Å². The first-order valence-electron chi connectivity index (χ1n) is 9.36. The second-order valence-corrected chi connectivity index (χ2v) is 7.53. The third-order valence-corrected chi connectivity index (χ3v) is 5.44. The molecular weight excluding hydrogens is 384 g/mol. The second kappa shape index (κ2) is 6.94. The number of rotatable bonds is 4. The van der Waals surface area contributed by atoms with Crippen molar-refractivity contribution in [1.29, 1.82) is 0 Å². The van der Waals surface area contributed by atoms with Gasteiger partial charge in [0.2, 0.25) is 0 Å². The summed E-state index contributed by atoms with van der Waals surface area (Å²) in [5.41, 5.74) is 5.11. The number of halogens is 1. The molecule has 2 aromatic carbocycles. The number of H-pyrrole nitrogens is 1. The normalized spacial score (nSPS) is 11.4. The maximum absolute atomic E-state index is 6.48. The summed E-state index contributed by atoms with van der Waals surface area (Å²) in [6, 6.07) is 14.0. The molecule has 0 aliphatic rings. The van der Waals surface area contributed by atoms with Crippen LogP contribution in [-0.2, 0) is 13.7 Å². The van der Waals surface area contributed by atoms with Gasteiger partial charge in [-0.3, -0.25) is 4.98 Å². The van der Waals surface area contributed by atoms with Crippen molar-refractivity contribution in [2.75, 3.05) is 0 Å². The number of nitrogens with one attached hydrogen (secondary N) is 1. The maximum atomic E-state index is 6.48.